The lowest BCUT2D eigenvalue weighted by Crippen LogP contribution is -2.33. The van der Waals surface area contributed by atoms with E-state index in [-0.39, 0.29) is 52.7 Å². The van der Waals surface area contributed by atoms with Crippen molar-refractivity contribution in [1.29, 1.82) is 0 Å². The lowest BCUT2D eigenvalue weighted by Gasteiger charge is -2.20. The molecule has 27 heavy (non-hydrogen) atoms. The Kier molecular flexibility index (Phi) is 3.52. The summed E-state index contributed by atoms with van der Waals surface area (Å²) < 4.78 is 10.4. The average molecular weight is 384 g/mol. The molecule has 2 fully saturated rings. The van der Waals surface area contributed by atoms with Gasteiger partial charge in [-0.05, 0) is 48.6 Å². The number of esters is 1. The first-order chi connectivity index (χ1) is 13.0. The predicted octanol–water partition coefficient (Wildman–Crippen LogP) is 3.46. The van der Waals surface area contributed by atoms with Crippen LogP contribution in [0.4, 0.5) is 5.69 Å². The van der Waals surface area contributed by atoms with E-state index < -0.39 is 5.97 Å². The fraction of sp³-hybridized carbons (Fsp3) is 0.250. The molecule has 2 heterocycles. The van der Waals surface area contributed by atoms with Gasteiger partial charge in [-0.2, -0.15) is 0 Å². The Morgan fingerprint density at radius 1 is 1.11 bits per heavy atom. The summed E-state index contributed by atoms with van der Waals surface area (Å²) in [7, 11) is 0. The van der Waals surface area contributed by atoms with E-state index >= 15 is 0 Å². The van der Waals surface area contributed by atoms with E-state index in [0.717, 1.165) is 11.3 Å². The highest BCUT2D eigenvalue weighted by Gasteiger charge is 2.60. The molecule has 1 saturated carbocycles. The molecule has 1 aromatic carbocycles. The van der Waals surface area contributed by atoms with Crippen LogP contribution in [0.25, 0.3) is 0 Å². The van der Waals surface area contributed by atoms with Crippen molar-refractivity contribution in [3.63, 3.8) is 0 Å². The van der Waals surface area contributed by atoms with E-state index in [9.17, 15) is 14.4 Å². The van der Waals surface area contributed by atoms with Crippen molar-refractivity contribution in [2.75, 3.05) is 4.90 Å². The van der Waals surface area contributed by atoms with E-state index in [4.69, 9.17) is 20.8 Å². The smallest absolute Gasteiger partial charge is 0.379 e. The summed E-state index contributed by atoms with van der Waals surface area (Å²) in [5.74, 6) is -1.65. The summed E-state index contributed by atoms with van der Waals surface area (Å²) >= 11 is 6.10. The monoisotopic (exact) mass is 383 g/mol. The SMILES string of the molecule is O=C(Oc1ccc(Cl)cc1N1C(=O)C2C3C=CC(C3)C2C1=O)c1ccco1. The van der Waals surface area contributed by atoms with Gasteiger partial charge in [-0.1, -0.05) is 23.8 Å². The largest absolute Gasteiger partial charge is 0.457 e. The van der Waals surface area contributed by atoms with Gasteiger partial charge in [-0.3, -0.25) is 9.59 Å². The molecule has 0 radical (unpaired) electrons. The van der Waals surface area contributed by atoms with E-state index in [1.807, 2.05) is 12.2 Å². The Labute approximate surface area is 159 Å². The third-order valence-corrected chi connectivity index (χ3v) is 5.79. The van der Waals surface area contributed by atoms with Crippen molar-refractivity contribution in [2.24, 2.45) is 23.7 Å². The van der Waals surface area contributed by atoms with Crippen molar-refractivity contribution in [1.82, 2.24) is 0 Å². The number of hydrogen-bond donors (Lipinski definition) is 0. The van der Waals surface area contributed by atoms with Crippen molar-refractivity contribution in [3.05, 3.63) is 59.5 Å². The van der Waals surface area contributed by atoms with Crippen LogP contribution in [0.3, 0.4) is 0 Å². The van der Waals surface area contributed by atoms with Crippen LogP contribution in [-0.4, -0.2) is 17.8 Å². The summed E-state index contributed by atoms with van der Waals surface area (Å²) in [5, 5.41) is 0.335. The van der Waals surface area contributed by atoms with E-state index in [0.29, 0.717) is 5.02 Å². The first-order valence-electron chi connectivity index (χ1n) is 8.66. The summed E-state index contributed by atoms with van der Waals surface area (Å²) in [6, 6.07) is 7.51. The number of benzene rings is 1. The van der Waals surface area contributed by atoms with Crippen LogP contribution in [0.15, 0.2) is 53.2 Å². The molecular weight excluding hydrogens is 370 g/mol. The van der Waals surface area contributed by atoms with Gasteiger partial charge in [0, 0.05) is 5.02 Å². The molecule has 3 aliphatic rings. The van der Waals surface area contributed by atoms with Gasteiger partial charge in [0.15, 0.2) is 5.75 Å². The minimum atomic E-state index is -0.718. The molecule has 5 rings (SSSR count). The van der Waals surface area contributed by atoms with Crippen LogP contribution >= 0.6 is 11.6 Å². The zero-order valence-corrected chi connectivity index (χ0v) is 14.8. The Bertz CT molecular complexity index is 966. The second kappa shape index (κ2) is 5.82. The molecule has 1 aromatic heterocycles. The number of furan rings is 1. The third-order valence-electron chi connectivity index (χ3n) is 5.56. The predicted molar refractivity (Wildman–Crippen MR) is 95.3 cm³/mol. The van der Waals surface area contributed by atoms with Gasteiger partial charge in [0.05, 0.1) is 23.8 Å². The Balaban J connectivity index is 1.52. The molecule has 2 bridgehead atoms. The van der Waals surface area contributed by atoms with Crippen molar-refractivity contribution in [3.8, 4) is 5.75 Å². The first kappa shape index (κ1) is 16.3. The van der Waals surface area contributed by atoms with Crippen LogP contribution in [0.5, 0.6) is 5.75 Å². The topological polar surface area (TPSA) is 76.8 Å². The quantitative estimate of drug-likeness (QED) is 0.351. The second-order valence-electron chi connectivity index (χ2n) is 6.99. The molecule has 0 spiro atoms. The molecule has 2 amide bonds. The van der Waals surface area contributed by atoms with E-state index in [1.54, 1.807) is 6.07 Å². The van der Waals surface area contributed by atoms with Gasteiger partial charge in [0.2, 0.25) is 17.6 Å². The molecule has 1 saturated heterocycles. The average Bonchev–Trinajstić information content (AvgIpc) is 3.42. The summed E-state index contributed by atoms with van der Waals surface area (Å²) in [6.45, 7) is 0. The Morgan fingerprint density at radius 2 is 1.81 bits per heavy atom. The molecule has 7 heteroatoms. The minimum absolute atomic E-state index is 0.0223. The van der Waals surface area contributed by atoms with Crippen LogP contribution in [0.1, 0.15) is 17.0 Å². The van der Waals surface area contributed by atoms with E-state index in [1.165, 1.54) is 30.5 Å². The number of hydrogen-bond acceptors (Lipinski definition) is 5. The van der Waals surface area contributed by atoms with Gasteiger partial charge in [-0.25, -0.2) is 9.69 Å². The molecule has 136 valence electrons. The number of anilines is 1. The molecule has 2 aliphatic carbocycles. The normalized spacial score (nSPS) is 28.1. The van der Waals surface area contributed by atoms with Gasteiger partial charge in [0.1, 0.15) is 0 Å². The molecule has 4 unspecified atom stereocenters. The Morgan fingerprint density at radius 3 is 2.44 bits per heavy atom. The number of amides is 2. The highest BCUT2D eigenvalue weighted by Crippen LogP contribution is 2.54. The molecule has 0 N–H and O–H groups in total. The molecule has 4 atom stereocenters. The van der Waals surface area contributed by atoms with Crippen LogP contribution in [-0.2, 0) is 9.59 Å². The molecular formula is C20H14ClNO5. The maximum atomic E-state index is 13.0. The maximum Gasteiger partial charge on any atom is 0.379 e. The molecule has 6 nitrogen and oxygen atoms in total. The van der Waals surface area contributed by atoms with Gasteiger partial charge in [-0.15, -0.1) is 0 Å². The standard InChI is InChI=1S/C20H14ClNO5/c21-12-5-6-14(27-20(25)15-2-1-7-26-15)13(9-12)22-18(23)16-10-3-4-11(8-10)17(16)19(22)24/h1-7,9-11,16-17H,8H2. The third kappa shape index (κ3) is 2.36. The van der Waals surface area contributed by atoms with Crippen molar-refractivity contribution in [2.45, 2.75) is 6.42 Å². The number of ether oxygens (including phenoxy) is 1. The fourth-order valence-electron chi connectivity index (χ4n) is 4.44. The fourth-order valence-corrected chi connectivity index (χ4v) is 4.60. The van der Waals surface area contributed by atoms with Gasteiger partial charge in [0.25, 0.3) is 0 Å². The zero-order chi connectivity index (χ0) is 18.7. The van der Waals surface area contributed by atoms with Crippen LogP contribution < -0.4 is 9.64 Å². The van der Waals surface area contributed by atoms with Crippen molar-refractivity contribution >= 4 is 35.1 Å². The second-order valence-corrected chi connectivity index (χ2v) is 7.43. The summed E-state index contributed by atoms with van der Waals surface area (Å²) in [5.41, 5.74) is 0.186. The van der Waals surface area contributed by atoms with Gasteiger partial charge < -0.3 is 9.15 Å². The molecule has 1 aliphatic heterocycles. The number of halogens is 1. The number of carbonyl (C=O) groups is 3. The highest BCUT2D eigenvalue weighted by molar-refractivity contribution is 6.31. The maximum absolute atomic E-state index is 13.0. The minimum Gasteiger partial charge on any atom is -0.457 e. The van der Waals surface area contributed by atoms with Crippen LogP contribution in [0.2, 0.25) is 5.02 Å². The van der Waals surface area contributed by atoms with Gasteiger partial charge >= 0.3 is 5.97 Å². The van der Waals surface area contributed by atoms with Crippen molar-refractivity contribution < 1.29 is 23.5 Å². The Hall–Kier alpha value is -2.86. The number of carbonyl (C=O) groups excluding carboxylic acids is 3. The number of imide groups is 1. The van der Waals surface area contributed by atoms with E-state index in [2.05, 4.69) is 0 Å². The lowest BCUT2D eigenvalue weighted by atomic mass is 9.85. The summed E-state index contributed by atoms with van der Waals surface area (Å²) in [6.07, 6.45) is 6.25. The number of rotatable bonds is 3. The first-order valence-corrected chi connectivity index (χ1v) is 9.04. The highest BCUT2D eigenvalue weighted by atomic mass is 35.5. The summed E-state index contributed by atoms with van der Waals surface area (Å²) in [4.78, 5) is 39.4. The molecule has 2 aromatic rings. The number of nitrogens with zero attached hydrogens (tertiary/aromatic N) is 1. The number of allylic oxidation sites excluding steroid dienone is 2. The zero-order valence-electron chi connectivity index (χ0n) is 14.0. The lowest BCUT2D eigenvalue weighted by molar-refractivity contribution is -0.123. The number of fused-ring (bicyclic) bond motifs is 5. The van der Waals surface area contributed by atoms with Crippen LogP contribution in [0, 0.1) is 23.7 Å².